The van der Waals surface area contributed by atoms with E-state index in [1.165, 1.54) is 0 Å². The van der Waals surface area contributed by atoms with Crippen molar-refractivity contribution >= 4 is 11.6 Å². The largest absolute Gasteiger partial charge is 0.419 e. The summed E-state index contributed by atoms with van der Waals surface area (Å²) in [4.78, 5) is 2.26. The predicted octanol–water partition coefficient (Wildman–Crippen LogP) is 2.56. The minimum atomic E-state index is 0.213. The van der Waals surface area contributed by atoms with E-state index in [1.807, 2.05) is 24.3 Å². The molecule has 1 aliphatic heterocycles. The summed E-state index contributed by atoms with van der Waals surface area (Å²) in [5, 5.41) is 8.81. The summed E-state index contributed by atoms with van der Waals surface area (Å²) in [6.45, 7) is 4.71. The third-order valence-corrected chi connectivity index (χ3v) is 4.36. The third-order valence-electron chi connectivity index (χ3n) is 4.03. The quantitative estimate of drug-likeness (QED) is 0.944. The Morgan fingerprint density at radius 1 is 1.38 bits per heavy atom. The van der Waals surface area contributed by atoms with Crippen LogP contribution in [-0.4, -0.2) is 34.2 Å². The van der Waals surface area contributed by atoms with Crippen LogP contribution < -0.4 is 5.73 Å². The first-order valence-electron chi connectivity index (χ1n) is 7.18. The van der Waals surface area contributed by atoms with E-state index in [0.717, 1.165) is 25.1 Å². The highest BCUT2D eigenvalue weighted by Crippen LogP contribution is 2.26. The van der Waals surface area contributed by atoms with Crippen molar-refractivity contribution in [2.45, 2.75) is 25.9 Å². The Hall–Kier alpha value is -1.43. The zero-order chi connectivity index (χ0) is 14.8. The van der Waals surface area contributed by atoms with Crippen LogP contribution in [0.15, 0.2) is 28.7 Å². The Balaban J connectivity index is 1.70. The molecule has 1 aromatic heterocycles. The summed E-state index contributed by atoms with van der Waals surface area (Å²) < 4.78 is 5.73. The number of likely N-dealkylation sites (tertiary alicyclic amines) is 1. The number of nitrogens with zero attached hydrogens (tertiary/aromatic N) is 3. The lowest BCUT2D eigenvalue weighted by molar-refractivity contribution is 0.150. The van der Waals surface area contributed by atoms with Gasteiger partial charge in [0.15, 0.2) is 0 Å². The van der Waals surface area contributed by atoms with E-state index in [-0.39, 0.29) is 6.04 Å². The van der Waals surface area contributed by atoms with E-state index >= 15 is 0 Å². The van der Waals surface area contributed by atoms with E-state index < -0.39 is 0 Å². The molecule has 2 aromatic rings. The second kappa shape index (κ2) is 6.13. The fraction of sp³-hybridized carbons (Fsp3) is 0.467. The summed E-state index contributed by atoms with van der Waals surface area (Å²) in [7, 11) is 0. The molecule has 0 radical (unpaired) electrons. The lowest BCUT2D eigenvalue weighted by Crippen LogP contribution is -2.47. The second-order valence-electron chi connectivity index (χ2n) is 5.65. The second-order valence-corrected chi connectivity index (χ2v) is 6.05. The van der Waals surface area contributed by atoms with Gasteiger partial charge in [0.2, 0.25) is 11.8 Å². The number of rotatable bonds is 3. The maximum atomic E-state index is 6.14. The van der Waals surface area contributed by atoms with E-state index in [4.69, 9.17) is 21.8 Å². The third kappa shape index (κ3) is 3.26. The molecular formula is C15H19ClN4O. The molecule has 1 fully saturated rings. The number of halogens is 1. The number of piperidine rings is 1. The molecule has 1 saturated heterocycles. The van der Waals surface area contributed by atoms with Crippen molar-refractivity contribution in [3.05, 3.63) is 35.2 Å². The van der Waals surface area contributed by atoms with Gasteiger partial charge >= 0.3 is 0 Å². The molecule has 0 bridgehead atoms. The molecular weight excluding hydrogens is 288 g/mol. The Morgan fingerprint density at radius 2 is 2.19 bits per heavy atom. The van der Waals surface area contributed by atoms with Crippen molar-refractivity contribution in [3.8, 4) is 11.5 Å². The van der Waals surface area contributed by atoms with Gasteiger partial charge in [-0.05, 0) is 31.0 Å². The first-order chi connectivity index (χ1) is 10.1. The summed E-state index contributed by atoms with van der Waals surface area (Å²) in [6, 6.07) is 7.67. The topological polar surface area (TPSA) is 68.2 Å². The van der Waals surface area contributed by atoms with Crippen molar-refractivity contribution < 1.29 is 4.42 Å². The molecule has 3 rings (SSSR count). The molecule has 112 valence electrons. The molecule has 2 unspecified atom stereocenters. The van der Waals surface area contributed by atoms with E-state index in [9.17, 15) is 0 Å². The molecule has 5 nitrogen and oxygen atoms in total. The Morgan fingerprint density at radius 3 is 2.95 bits per heavy atom. The number of nitrogens with two attached hydrogens (primary N) is 1. The van der Waals surface area contributed by atoms with Crippen molar-refractivity contribution in [1.82, 2.24) is 15.1 Å². The zero-order valence-electron chi connectivity index (χ0n) is 12.0. The van der Waals surface area contributed by atoms with Crippen molar-refractivity contribution in [1.29, 1.82) is 0 Å². The lowest BCUT2D eigenvalue weighted by Gasteiger charge is -2.34. The molecule has 2 N–H and O–H groups in total. The van der Waals surface area contributed by atoms with Crippen LogP contribution in [0, 0.1) is 5.92 Å². The number of benzene rings is 1. The molecule has 6 heteroatoms. The highest BCUT2D eigenvalue weighted by atomic mass is 35.5. The van der Waals surface area contributed by atoms with Crippen LogP contribution in [0.25, 0.3) is 11.5 Å². The fourth-order valence-electron chi connectivity index (χ4n) is 2.57. The van der Waals surface area contributed by atoms with Crippen LogP contribution in [0.3, 0.4) is 0 Å². The van der Waals surface area contributed by atoms with E-state index in [1.54, 1.807) is 0 Å². The van der Waals surface area contributed by atoms with Gasteiger partial charge in [0.05, 0.1) is 17.1 Å². The van der Waals surface area contributed by atoms with Crippen LogP contribution in [0.2, 0.25) is 5.02 Å². The van der Waals surface area contributed by atoms with Gasteiger partial charge in [-0.15, -0.1) is 10.2 Å². The molecule has 1 aromatic carbocycles. The van der Waals surface area contributed by atoms with Gasteiger partial charge in [-0.1, -0.05) is 30.7 Å². The molecule has 0 spiro atoms. The zero-order valence-corrected chi connectivity index (χ0v) is 12.8. The summed E-state index contributed by atoms with van der Waals surface area (Å²) in [6.07, 6.45) is 1.10. The van der Waals surface area contributed by atoms with E-state index in [0.29, 0.717) is 29.3 Å². The standard InChI is InChI=1S/C15H19ClN4O/c1-10-6-7-20(8-13(10)17)9-14-18-19-15(21-14)11-4-2-3-5-12(11)16/h2-5,10,13H,6-9,17H2,1H3. The average molecular weight is 307 g/mol. The van der Waals surface area contributed by atoms with Crippen LogP contribution in [0.4, 0.5) is 0 Å². The summed E-state index contributed by atoms with van der Waals surface area (Å²) in [5.41, 5.74) is 6.88. The van der Waals surface area contributed by atoms with Crippen LogP contribution in [-0.2, 0) is 6.54 Å². The van der Waals surface area contributed by atoms with Gasteiger partial charge in [-0.3, -0.25) is 4.90 Å². The summed E-state index contributed by atoms with van der Waals surface area (Å²) >= 11 is 6.14. The van der Waals surface area contributed by atoms with Gasteiger partial charge < -0.3 is 10.2 Å². The number of aromatic nitrogens is 2. The van der Waals surface area contributed by atoms with Crippen LogP contribution in [0.5, 0.6) is 0 Å². The minimum absolute atomic E-state index is 0.213. The van der Waals surface area contributed by atoms with Gasteiger partial charge in [-0.2, -0.15) is 0 Å². The normalized spacial score (nSPS) is 23.4. The number of hydrogen-bond donors (Lipinski definition) is 1. The molecule has 0 amide bonds. The lowest BCUT2D eigenvalue weighted by atomic mass is 9.94. The SMILES string of the molecule is CC1CCN(Cc2nnc(-c3ccccc3Cl)o2)CC1N. The number of hydrogen-bond acceptors (Lipinski definition) is 5. The highest BCUT2D eigenvalue weighted by Gasteiger charge is 2.24. The Labute approximate surface area is 129 Å². The van der Waals surface area contributed by atoms with Gasteiger partial charge in [0, 0.05) is 12.6 Å². The molecule has 2 heterocycles. The molecule has 0 aliphatic carbocycles. The highest BCUT2D eigenvalue weighted by molar-refractivity contribution is 6.33. The van der Waals surface area contributed by atoms with E-state index in [2.05, 4.69) is 22.0 Å². The van der Waals surface area contributed by atoms with Gasteiger partial charge in [0.1, 0.15) is 0 Å². The first kappa shape index (κ1) is 14.5. The Kier molecular flexibility index (Phi) is 4.24. The van der Waals surface area contributed by atoms with Crippen molar-refractivity contribution in [2.24, 2.45) is 11.7 Å². The smallest absolute Gasteiger partial charge is 0.249 e. The molecule has 2 atom stereocenters. The van der Waals surface area contributed by atoms with Crippen molar-refractivity contribution in [3.63, 3.8) is 0 Å². The molecule has 0 saturated carbocycles. The average Bonchev–Trinajstić information content (AvgIpc) is 2.92. The van der Waals surface area contributed by atoms with Crippen LogP contribution >= 0.6 is 11.6 Å². The first-order valence-corrected chi connectivity index (χ1v) is 7.56. The molecule has 21 heavy (non-hydrogen) atoms. The van der Waals surface area contributed by atoms with Crippen LogP contribution in [0.1, 0.15) is 19.2 Å². The molecule has 1 aliphatic rings. The van der Waals surface area contributed by atoms with Gasteiger partial charge in [0.25, 0.3) is 0 Å². The predicted molar refractivity (Wildman–Crippen MR) is 81.8 cm³/mol. The fourth-order valence-corrected chi connectivity index (χ4v) is 2.78. The monoisotopic (exact) mass is 306 g/mol. The van der Waals surface area contributed by atoms with Gasteiger partial charge in [-0.25, -0.2) is 0 Å². The minimum Gasteiger partial charge on any atom is -0.419 e. The maximum Gasteiger partial charge on any atom is 0.249 e. The summed E-state index contributed by atoms with van der Waals surface area (Å²) in [5.74, 6) is 1.64. The Bertz CT molecular complexity index is 615. The van der Waals surface area contributed by atoms with Crippen molar-refractivity contribution in [2.75, 3.05) is 13.1 Å². The maximum absolute atomic E-state index is 6.14.